The zero-order chi connectivity index (χ0) is 18.8. The van der Waals surface area contributed by atoms with Gasteiger partial charge in [-0.15, -0.1) is 0 Å². The number of hydrogen-bond donors (Lipinski definition) is 2. The summed E-state index contributed by atoms with van der Waals surface area (Å²) in [7, 11) is -3.88. The summed E-state index contributed by atoms with van der Waals surface area (Å²) in [5.74, 6) is -0.249. The van der Waals surface area contributed by atoms with Gasteiger partial charge in [-0.05, 0) is 45.0 Å². The first-order valence-electron chi connectivity index (χ1n) is 7.36. The Bertz CT molecular complexity index is 915. The second-order valence-corrected chi connectivity index (χ2v) is 8.15. The summed E-state index contributed by atoms with van der Waals surface area (Å²) in [5, 5.41) is 2.56. The first kappa shape index (κ1) is 19.7. The molecule has 0 bridgehead atoms. The maximum absolute atomic E-state index is 12.5. The lowest BCUT2D eigenvalue weighted by Gasteiger charge is -2.13. The van der Waals surface area contributed by atoms with Crippen molar-refractivity contribution < 1.29 is 13.2 Å². The monoisotopic (exact) mass is 401 g/mol. The van der Waals surface area contributed by atoms with E-state index in [2.05, 4.69) is 15.0 Å². The number of hydrogen-bond acceptors (Lipinski definition) is 4. The van der Waals surface area contributed by atoms with Crippen molar-refractivity contribution in [1.29, 1.82) is 0 Å². The number of aryl methyl sites for hydroxylation is 1. The number of carbonyl (C=O) groups excluding carboxylic acids is 1. The Hall–Kier alpha value is -1.67. The maximum Gasteiger partial charge on any atom is 0.258 e. The number of amides is 1. The van der Waals surface area contributed by atoms with Gasteiger partial charge in [0.2, 0.25) is 10.0 Å². The topological polar surface area (TPSA) is 88.2 Å². The molecule has 2 N–H and O–H groups in total. The number of aromatic nitrogens is 1. The Kier molecular flexibility index (Phi) is 6.05. The average molecular weight is 402 g/mol. The molecule has 0 aliphatic rings. The molecule has 6 nitrogen and oxygen atoms in total. The van der Waals surface area contributed by atoms with Gasteiger partial charge in [0.15, 0.2) is 0 Å². The molecule has 1 aromatic heterocycles. The van der Waals surface area contributed by atoms with Gasteiger partial charge in [0.05, 0.1) is 15.6 Å². The van der Waals surface area contributed by atoms with Gasteiger partial charge >= 0.3 is 0 Å². The van der Waals surface area contributed by atoms with Crippen LogP contribution < -0.4 is 10.0 Å². The highest BCUT2D eigenvalue weighted by Crippen LogP contribution is 2.29. The van der Waals surface area contributed by atoms with Gasteiger partial charge in [-0.2, -0.15) is 0 Å². The number of carbonyl (C=O) groups is 1. The Morgan fingerprint density at radius 1 is 1.16 bits per heavy atom. The van der Waals surface area contributed by atoms with Crippen molar-refractivity contribution >= 4 is 45.0 Å². The first-order valence-corrected chi connectivity index (χ1v) is 9.60. The van der Waals surface area contributed by atoms with Crippen molar-refractivity contribution in [2.45, 2.75) is 31.7 Å². The van der Waals surface area contributed by atoms with Gasteiger partial charge < -0.3 is 5.32 Å². The lowest BCUT2D eigenvalue weighted by atomic mass is 10.2. The summed E-state index contributed by atoms with van der Waals surface area (Å²) >= 11 is 12.1. The highest BCUT2D eigenvalue weighted by molar-refractivity contribution is 7.89. The standard InChI is InChI=1S/C16H17Cl2N3O3S/c1-9(2)21-25(23,24)14-7-11(12(17)8-13(14)18)16(22)20-15-6-4-5-10(3)19-15/h4-9,21H,1-3H3,(H,19,20,22). The van der Waals surface area contributed by atoms with Crippen LogP contribution in [-0.4, -0.2) is 25.4 Å². The van der Waals surface area contributed by atoms with Gasteiger partial charge in [-0.3, -0.25) is 4.79 Å². The van der Waals surface area contributed by atoms with Gasteiger partial charge in [-0.1, -0.05) is 29.3 Å². The van der Waals surface area contributed by atoms with Crippen molar-refractivity contribution in [3.8, 4) is 0 Å². The van der Waals surface area contributed by atoms with Crippen molar-refractivity contribution in [1.82, 2.24) is 9.71 Å². The molecule has 1 amide bonds. The summed E-state index contributed by atoms with van der Waals surface area (Å²) in [4.78, 5) is 16.4. The second kappa shape index (κ2) is 7.70. The largest absolute Gasteiger partial charge is 0.307 e. The van der Waals surface area contributed by atoms with Gasteiger partial charge in [0, 0.05) is 11.7 Å². The van der Waals surface area contributed by atoms with Crippen LogP contribution in [0.4, 0.5) is 5.82 Å². The molecule has 134 valence electrons. The zero-order valence-electron chi connectivity index (χ0n) is 13.8. The maximum atomic E-state index is 12.5. The van der Waals surface area contributed by atoms with Crippen LogP contribution in [0.5, 0.6) is 0 Å². The van der Waals surface area contributed by atoms with Crippen LogP contribution in [0.3, 0.4) is 0 Å². The normalized spacial score (nSPS) is 11.6. The SMILES string of the molecule is Cc1cccc(NC(=O)c2cc(S(=O)(=O)NC(C)C)c(Cl)cc2Cl)n1. The van der Waals surface area contributed by atoms with E-state index in [9.17, 15) is 13.2 Å². The van der Waals surface area contributed by atoms with E-state index in [-0.39, 0.29) is 26.5 Å². The second-order valence-electron chi connectivity index (χ2n) is 5.66. The van der Waals surface area contributed by atoms with Gasteiger partial charge in [0.25, 0.3) is 5.91 Å². The van der Waals surface area contributed by atoms with Crippen molar-refractivity contribution in [3.05, 3.63) is 51.6 Å². The van der Waals surface area contributed by atoms with Crippen molar-refractivity contribution in [2.24, 2.45) is 0 Å². The third-order valence-corrected chi connectivity index (χ3v) is 5.51. The predicted molar refractivity (Wildman–Crippen MR) is 98.8 cm³/mol. The molecule has 25 heavy (non-hydrogen) atoms. The fraction of sp³-hybridized carbons (Fsp3) is 0.250. The van der Waals surface area contributed by atoms with Gasteiger partial charge in [0.1, 0.15) is 10.7 Å². The van der Waals surface area contributed by atoms with Crippen molar-refractivity contribution in [3.63, 3.8) is 0 Å². The summed E-state index contributed by atoms with van der Waals surface area (Å²) in [6.45, 7) is 5.14. The number of pyridine rings is 1. The lowest BCUT2D eigenvalue weighted by Crippen LogP contribution is -2.30. The number of anilines is 1. The lowest BCUT2D eigenvalue weighted by molar-refractivity contribution is 0.102. The van der Waals surface area contributed by atoms with E-state index in [1.165, 1.54) is 6.07 Å². The molecule has 0 atom stereocenters. The molecule has 0 saturated heterocycles. The zero-order valence-corrected chi connectivity index (χ0v) is 16.1. The Morgan fingerprint density at radius 2 is 1.84 bits per heavy atom. The fourth-order valence-corrected chi connectivity index (χ4v) is 4.19. The molecule has 2 rings (SSSR count). The Balaban J connectivity index is 2.41. The van der Waals surface area contributed by atoms with Crippen molar-refractivity contribution in [2.75, 3.05) is 5.32 Å². The third-order valence-electron chi connectivity index (χ3n) is 3.08. The Labute approximate surface area is 156 Å². The average Bonchev–Trinajstić information content (AvgIpc) is 2.45. The number of benzene rings is 1. The van der Waals surface area contributed by atoms with E-state index in [1.54, 1.807) is 39.0 Å². The molecule has 0 unspecified atom stereocenters. The molecule has 1 heterocycles. The minimum absolute atomic E-state index is 0.0153. The Morgan fingerprint density at radius 3 is 2.44 bits per heavy atom. The predicted octanol–water partition coefficient (Wildman–Crippen LogP) is 3.64. The summed E-state index contributed by atoms with van der Waals surface area (Å²) in [6, 6.07) is 7.20. The van der Waals surface area contributed by atoms with Crippen LogP contribution >= 0.6 is 23.2 Å². The quantitative estimate of drug-likeness (QED) is 0.800. The summed E-state index contributed by atoms with van der Waals surface area (Å²) in [5.41, 5.74) is 0.711. The van der Waals surface area contributed by atoms with E-state index in [1.807, 2.05) is 0 Å². The number of rotatable bonds is 5. The molecule has 0 spiro atoms. The molecule has 1 aromatic carbocycles. The van der Waals surface area contributed by atoms with E-state index < -0.39 is 15.9 Å². The summed E-state index contributed by atoms with van der Waals surface area (Å²) in [6.07, 6.45) is 0. The molecule has 2 aromatic rings. The molecule has 9 heteroatoms. The molecule has 0 aliphatic carbocycles. The van der Waals surface area contributed by atoms with Crippen LogP contribution in [0, 0.1) is 6.92 Å². The molecule has 0 radical (unpaired) electrons. The van der Waals surface area contributed by atoms with Gasteiger partial charge in [-0.25, -0.2) is 18.1 Å². The van der Waals surface area contributed by atoms with Crippen LogP contribution in [-0.2, 0) is 10.0 Å². The van der Waals surface area contributed by atoms with Crippen LogP contribution in [0.2, 0.25) is 10.0 Å². The van der Waals surface area contributed by atoms with E-state index >= 15 is 0 Å². The number of sulfonamides is 1. The minimum Gasteiger partial charge on any atom is -0.307 e. The van der Waals surface area contributed by atoms with Crippen LogP contribution in [0.25, 0.3) is 0 Å². The summed E-state index contributed by atoms with van der Waals surface area (Å²) < 4.78 is 27.2. The van der Waals surface area contributed by atoms with Crippen LogP contribution in [0.1, 0.15) is 29.9 Å². The minimum atomic E-state index is -3.88. The molecule has 0 fully saturated rings. The van der Waals surface area contributed by atoms with Crippen LogP contribution in [0.15, 0.2) is 35.2 Å². The third kappa shape index (κ3) is 4.92. The number of nitrogens with one attached hydrogen (secondary N) is 2. The number of halogens is 2. The molecule has 0 aliphatic heterocycles. The molecular formula is C16H17Cl2N3O3S. The fourth-order valence-electron chi connectivity index (χ4n) is 2.08. The molecular weight excluding hydrogens is 385 g/mol. The highest BCUT2D eigenvalue weighted by atomic mass is 35.5. The van der Waals surface area contributed by atoms with E-state index in [0.29, 0.717) is 5.82 Å². The smallest absolute Gasteiger partial charge is 0.258 e. The molecule has 0 saturated carbocycles. The number of nitrogens with zero attached hydrogens (tertiary/aromatic N) is 1. The highest BCUT2D eigenvalue weighted by Gasteiger charge is 2.23. The van der Waals surface area contributed by atoms with E-state index in [4.69, 9.17) is 23.2 Å². The van der Waals surface area contributed by atoms with E-state index in [0.717, 1.165) is 11.8 Å². The first-order chi connectivity index (χ1) is 11.6.